The summed E-state index contributed by atoms with van der Waals surface area (Å²) in [6, 6.07) is 10.0. The summed E-state index contributed by atoms with van der Waals surface area (Å²) < 4.78 is 11.4. The van der Waals surface area contributed by atoms with Crippen LogP contribution in [0.2, 0.25) is 0 Å². The number of methoxy groups -OCH3 is 1. The van der Waals surface area contributed by atoms with Gasteiger partial charge in [-0.25, -0.2) is 0 Å². The molecule has 0 saturated carbocycles. The van der Waals surface area contributed by atoms with E-state index in [1.54, 1.807) is 7.11 Å². The normalized spacial score (nSPS) is 17.6. The average molecular weight is 238 g/mol. The summed E-state index contributed by atoms with van der Waals surface area (Å²) in [5.41, 5.74) is 2.19. The fourth-order valence-corrected chi connectivity index (χ4v) is 2.11. The van der Waals surface area contributed by atoms with Crippen LogP contribution in [0.25, 0.3) is 5.76 Å². The zero-order valence-electron chi connectivity index (χ0n) is 10.2. The molecule has 90 valence electrons. The molecular weight excluding hydrogens is 224 g/mol. The highest BCUT2D eigenvalue weighted by atomic mass is 16.5. The molecule has 0 aromatic heterocycles. The van der Waals surface area contributed by atoms with E-state index in [-0.39, 0.29) is 0 Å². The van der Waals surface area contributed by atoms with Gasteiger partial charge in [0.1, 0.15) is 5.76 Å². The van der Waals surface area contributed by atoms with Crippen LogP contribution in [0, 0.1) is 0 Å². The molecule has 0 bridgehead atoms. The van der Waals surface area contributed by atoms with Crippen LogP contribution in [-0.2, 0) is 9.47 Å². The molecule has 1 aromatic rings. The third-order valence-corrected chi connectivity index (χ3v) is 3.03. The van der Waals surface area contributed by atoms with Crippen molar-refractivity contribution in [2.24, 2.45) is 0 Å². The quantitative estimate of drug-likeness (QED) is 0.780. The van der Waals surface area contributed by atoms with Gasteiger partial charge in [0.2, 0.25) is 0 Å². The van der Waals surface area contributed by atoms with Crippen molar-refractivity contribution in [1.82, 2.24) is 0 Å². The lowest BCUT2D eigenvalue weighted by molar-refractivity contribution is 0.275. The van der Waals surface area contributed by atoms with E-state index < -0.39 is 0 Å². The van der Waals surface area contributed by atoms with Crippen LogP contribution in [0.5, 0.6) is 0 Å². The van der Waals surface area contributed by atoms with Crippen molar-refractivity contribution in [3.63, 3.8) is 0 Å². The van der Waals surface area contributed by atoms with Crippen LogP contribution in [0.3, 0.4) is 0 Å². The van der Waals surface area contributed by atoms with E-state index in [0.717, 1.165) is 34.8 Å². The van der Waals surface area contributed by atoms with Crippen molar-refractivity contribution in [2.75, 3.05) is 7.11 Å². The van der Waals surface area contributed by atoms with Gasteiger partial charge < -0.3 is 9.47 Å². The van der Waals surface area contributed by atoms with Gasteiger partial charge in [0.05, 0.1) is 7.11 Å². The van der Waals surface area contributed by atoms with E-state index in [1.807, 2.05) is 42.5 Å². The summed E-state index contributed by atoms with van der Waals surface area (Å²) in [6.07, 6.45) is 9.07. The van der Waals surface area contributed by atoms with E-state index in [2.05, 4.69) is 12.2 Å². The molecule has 0 unspecified atom stereocenters. The van der Waals surface area contributed by atoms with E-state index in [1.165, 1.54) is 0 Å². The largest absolute Gasteiger partial charge is 0.493 e. The smallest absolute Gasteiger partial charge is 0.176 e. The second kappa shape index (κ2) is 4.57. The van der Waals surface area contributed by atoms with Crippen LogP contribution >= 0.6 is 0 Å². The van der Waals surface area contributed by atoms with Crippen LogP contribution in [-0.4, -0.2) is 7.11 Å². The lowest BCUT2D eigenvalue weighted by atomic mass is 10.0. The molecule has 1 aromatic carbocycles. The minimum absolute atomic E-state index is 0.781. The summed E-state index contributed by atoms with van der Waals surface area (Å²) in [6.45, 7) is 0. The summed E-state index contributed by atoms with van der Waals surface area (Å²) in [5, 5.41) is 0. The SMILES string of the molecule is COC1=C(c2ccccc2)OC2=CC=CCC2=C1. The highest BCUT2D eigenvalue weighted by Crippen LogP contribution is 2.35. The van der Waals surface area contributed by atoms with Gasteiger partial charge in [0, 0.05) is 11.1 Å². The predicted molar refractivity (Wildman–Crippen MR) is 71.4 cm³/mol. The van der Waals surface area contributed by atoms with Crippen molar-refractivity contribution in [3.8, 4) is 0 Å². The summed E-state index contributed by atoms with van der Waals surface area (Å²) in [7, 11) is 1.67. The van der Waals surface area contributed by atoms with Crippen LogP contribution in [0.1, 0.15) is 12.0 Å². The Kier molecular flexibility index (Phi) is 2.77. The first-order chi connectivity index (χ1) is 8.88. The van der Waals surface area contributed by atoms with Crippen LogP contribution in [0.15, 0.2) is 71.7 Å². The highest BCUT2D eigenvalue weighted by molar-refractivity contribution is 5.68. The number of ether oxygens (including phenoxy) is 2. The third kappa shape index (κ3) is 1.86. The third-order valence-electron chi connectivity index (χ3n) is 3.03. The standard InChI is InChI=1S/C16H14O2/c1-17-15-11-13-9-5-6-10-14(13)18-16(15)12-7-3-2-4-8-12/h2-8,10-11H,9H2,1H3. The Morgan fingerprint density at radius 1 is 1.17 bits per heavy atom. The van der Waals surface area contributed by atoms with Crippen molar-refractivity contribution in [3.05, 3.63) is 77.3 Å². The van der Waals surface area contributed by atoms with Crippen molar-refractivity contribution in [1.29, 1.82) is 0 Å². The maximum Gasteiger partial charge on any atom is 0.176 e. The number of hydrogen-bond donors (Lipinski definition) is 0. The molecule has 0 amide bonds. The maximum absolute atomic E-state index is 5.98. The fourth-order valence-electron chi connectivity index (χ4n) is 2.11. The van der Waals surface area contributed by atoms with Gasteiger partial charge in [0.15, 0.2) is 11.5 Å². The monoisotopic (exact) mass is 238 g/mol. The van der Waals surface area contributed by atoms with Gasteiger partial charge in [-0.15, -0.1) is 0 Å². The second-order valence-electron chi connectivity index (χ2n) is 4.20. The maximum atomic E-state index is 5.98. The van der Waals surface area contributed by atoms with E-state index >= 15 is 0 Å². The molecule has 0 N–H and O–H groups in total. The lowest BCUT2D eigenvalue weighted by Crippen LogP contribution is -2.07. The van der Waals surface area contributed by atoms with E-state index in [9.17, 15) is 0 Å². The van der Waals surface area contributed by atoms with Crippen LogP contribution < -0.4 is 0 Å². The first-order valence-electron chi connectivity index (χ1n) is 5.98. The highest BCUT2D eigenvalue weighted by Gasteiger charge is 2.21. The number of rotatable bonds is 2. The van der Waals surface area contributed by atoms with Gasteiger partial charge >= 0.3 is 0 Å². The molecule has 0 radical (unpaired) electrons. The lowest BCUT2D eigenvalue weighted by Gasteiger charge is -2.23. The van der Waals surface area contributed by atoms with Crippen molar-refractivity contribution in [2.45, 2.75) is 6.42 Å². The molecule has 3 rings (SSSR count). The molecule has 18 heavy (non-hydrogen) atoms. The average Bonchev–Trinajstić information content (AvgIpc) is 2.46. The van der Waals surface area contributed by atoms with Crippen molar-refractivity contribution >= 4 is 5.76 Å². The van der Waals surface area contributed by atoms with Crippen molar-refractivity contribution < 1.29 is 9.47 Å². The number of hydrogen-bond acceptors (Lipinski definition) is 2. The Hall–Kier alpha value is -2.22. The number of benzene rings is 1. The molecule has 2 aliphatic rings. The molecule has 0 spiro atoms. The zero-order valence-corrected chi connectivity index (χ0v) is 10.2. The summed E-state index contributed by atoms with van der Waals surface area (Å²) >= 11 is 0. The molecule has 2 heteroatoms. The van der Waals surface area contributed by atoms with Crippen LogP contribution in [0.4, 0.5) is 0 Å². The second-order valence-corrected chi connectivity index (χ2v) is 4.20. The van der Waals surface area contributed by atoms with Gasteiger partial charge in [0.25, 0.3) is 0 Å². The van der Waals surface area contributed by atoms with Gasteiger partial charge in [-0.2, -0.15) is 0 Å². The van der Waals surface area contributed by atoms with Gasteiger partial charge in [-0.1, -0.05) is 42.5 Å². The molecule has 1 heterocycles. The Balaban J connectivity index is 2.07. The first kappa shape index (κ1) is 10.9. The Labute approximate surface area is 107 Å². The number of fused-ring (bicyclic) bond motifs is 1. The van der Waals surface area contributed by atoms with E-state index in [0.29, 0.717) is 0 Å². The molecule has 1 aliphatic heterocycles. The first-order valence-corrected chi connectivity index (χ1v) is 5.98. The summed E-state index contributed by atoms with van der Waals surface area (Å²) in [4.78, 5) is 0. The van der Waals surface area contributed by atoms with Gasteiger partial charge in [-0.05, 0) is 18.6 Å². The molecular formula is C16H14O2. The Morgan fingerprint density at radius 2 is 2.00 bits per heavy atom. The summed E-state index contributed by atoms with van der Waals surface area (Å²) in [5.74, 6) is 2.48. The molecule has 0 atom stereocenters. The molecule has 0 fully saturated rings. The minimum atomic E-state index is 0.781. The predicted octanol–water partition coefficient (Wildman–Crippen LogP) is 3.80. The molecule has 2 nitrogen and oxygen atoms in total. The Morgan fingerprint density at radius 3 is 2.78 bits per heavy atom. The zero-order chi connectivity index (χ0) is 12.4. The topological polar surface area (TPSA) is 18.5 Å². The molecule has 0 saturated heterocycles. The van der Waals surface area contributed by atoms with E-state index in [4.69, 9.17) is 9.47 Å². The fraction of sp³-hybridized carbons (Fsp3) is 0.125. The van der Waals surface area contributed by atoms with Gasteiger partial charge in [-0.3, -0.25) is 0 Å². The number of allylic oxidation sites excluding steroid dienone is 5. The molecule has 1 aliphatic carbocycles. The Bertz CT molecular complexity index is 574. The minimum Gasteiger partial charge on any atom is -0.493 e.